The minimum absolute atomic E-state index is 0.0385. The van der Waals surface area contributed by atoms with E-state index >= 15 is 0 Å². The number of aromatic nitrogens is 1. The zero-order valence-electron chi connectivity index (χ0n) is 9.26. The summed E-state index contributed by atoms with van der Waals surface area (Å²) in [7, 11) is 1.45. The van der Waals surface area contributed by atoms with Crippen molar-refractivity contribution in [3.63, 3.8) is 0 Å². The van der Waals surface area contributed by atoms with E-state index in [-0.39, 0.29) is 23.9 Å². The lowest BCUT2D eigenvalue weighted by atomic mass is 10.2. The maximum Gasteiger partial charge on any atom is 0.341 e. The molecular weight excluding hydrogens is 230 g/mol. The highest BCUT2D eigenvalue weighted by Gasteiger charge is 2.23. The Labute approximate surface area is 96.4 Å². The molecule has 1 rings (SSSR count). The summed E-state index contributed by atoms with van der Waals surface area (Å²) < 4.78 is 5.02. The molecule has 17 heavy (non-hydrogen) atoms. The second-order valence-corrected chi connectivity index (χ2v) is 2.95. The highest BCUT2D eigenvalue weighted by atomic mass is 16.6. The molecule has 1 heterocycles. The number of carboxylic acid groups (broad SMARTS) is 1. The maximum atomic E-state index is 10.9. The van der Waals surface area contributed by atoms with E-state index in [0.717, 1.165) is 6.07 Å². The third-order valence-electron chi connectivity index (χ3n) is 1.91. The quantitative estimate of drug-likeness (QED) is 0.586. The molecule has 0 radical (unpaired) electrons. The Hall–Kier alpha value is -2.38. The smallest absolute Gasteiger partial charge is 0.341 e. The van der Waals surface area contributed by atoms with Gasteiger partial charge in [-0.25, -0.2) is 4.79 Å². The van der Waals surface area contributed by atoms with Crippen LogP contribution in [0.5, 0.6) is 5.88 Å². The molecule has 2 N–H and O–H groups in total. The predicted molar refractivity (Wildman–Crippen MR) is 58.6 cm³/mol. The molecule has 0 aliphatic rings. The molecule has 8 nitrogen and oxygen atoms in total. The third kappa shape index (κ3) is 2.60. The fraction of sp³-hybridized carbons (Fsp3) is 0.333. The van der Waals surface area contributed by atoms with Gasteiger partial charge in [0.1, 0.15) is 5.56 Å². The Morgan fingerprint density at radius 2 is 2.35 bits per heavy atom. The van der Waals surface area contributed by atoms with Gasteiger partial charge in [-0.15, -0.1) is 0 Å². The van der Waals surface area contributed by atoms with Crippen LogP contribution in [0.4, 0.5) is 11.5 Å². The van der Waals surface area contributed by atoms with Gasteiger partial charge in [0.2, 0.25) is 11.7 Å². The van der Waals surface area contributed by atoms with Crippen LogP contribution in [0.2, 0.25) is 0 Å². The van der Waals surface area contributed by atoms with Crippen molar-refractivity contribution in [3.05, 3.63) is 21.7 Å². The maximum absolute atomic E-state index is 10.9. The van der Waals surface area contributed by atoms with Crippen LogP contribution in [0.3, 0.4) is 0 Å². The minimum atomic E-state index is -1.33. The average Bonchev–Trinajstić information content (AvgIpc) is 2.28. The molecule has 0 unspecified atom stereocenters. The first-order chi connectivity index (χ1) is 8.01. The van der Waals surface area contributed by atoms with E-state index in [9.17, 15) is 14.9 Å². The van der Waals surface area contributed by atoms with Crippen molar-refractivity contribution in [1.82, 2.24) is 4.98 Å². The third-order valence-corrected chi connectivity index (χ3v) is 1.91. The second kappa shape index (κ2) is 5.10. The average molecular weight is 241 g/mol. The number of aromatic carboxylic acids is 1. The molecule has 0 spiro atoms. The van der Waals surface area contributed by atoms with Gasteiger partial charge < -0.3 is 15.2 Å². The molecule has 1 aromatic rings. The van der Waals surface area contributed by atoms with Crippen molar-refractivity contribution in [3.8, 4) is 5.88 Å². The molecule has 0 saturated carbocycles. The van der Waals surface area contributed by atoms with E-state index in [1.807, 2.05) is 0 Å². The number of nitrogens with one attached hydrogen (secondary N) is 1. The van der Waals surface area contributed by atoms with Gasteiger partial charge in [0.15, 0.2) is 0 Å². The molecule has 1 aromatic heterocycles. The SMILES string of the molecule is CCOc1nc(NC)c([N+](=O)[O-])cc1C(=O)O. The zero-order valence-corrected chi connectivity index (χ0v) is 9.26. The Morgan fingerprint density at radius 3 is 2.76 bits per heavy atom. The van der Waals surface area contributed by atoms with Crippen LogP contribution in [0.1, 0.15) is 17.3 Å². The summed E-state index contributed by atoms with van der Waals surface area (Å²) in [5.41, 5.74) is -0.745. The molecule has 0 atom stereocenters. The Balaban J connectivity index is 3.41. The summed E-state index contributed by atoms with van der Waals surface area (Å²) in [5, 5.41) is 22.1. The van der Waals surface area contributed by atoms with Crippen molar-refractivity contribution < 1.29 is 19.6 Å². The molecule has 0 bridgehead atoms. The predicted octanol–water partition coefficient (Wildman–Crippen LogP) is 1.13. The molecule has 0 aliphatic carbocycles. The van der Waals surface area contributed by atoms with Crippen LogP contribution in [0.25, 0.3) is 0 Å². The number of hydrogen-bond acceptors (Lipinski definition) is 6. The number of carboxylic acids is 1. The molecule has 0 fully saturated rings. The van der Waals surface area contributed by atoms with Gasteiger partial charge in [0, 0.05) is 13.1 Å². The van der Waals surface area contributed by atoms with Crippen LogP contribution in [-0.4, -0.2) is 34.6 Å². The van der Waals surface area contributed by atoms with Gasteiger partial charge in [0.25, 0.3) is 0 Å². The van der Waals surface area contributed by atoms with Crippen molar-refractivity contribution in [2.75, 3.05) is 19.0 Å². The number of ether oxygens (including phenoxy) is 1. The molecule has 8 heteroatoms. The summed E-state index contributed by atoms with van der Waals surface area (Å²) in [6.45, 7) is 1.88. The van der Waals surface area contributed by atoms with E-state index in [4.69, 9.17) is 9.84 Å². The molecule has 0 aliphatic heterocycles. The number of nitro groups is 1. The van der Waals surface area contributed by atoms with Gasteiger partial charge in [-0.1, -0.05) is 0 Å². The van der Waals surface area contributed by atoms with Crippen molar-refractivity contribution >= 4 is 17.5 Å². The van der Waals surface area contributed by atoms with E-state index in [1.165, 1.54) is 7.05 Å². The molecule has 0 saturated heterocycles. The topological polar surface area (TPSA) is 115 Å². The molecular formula is C9H11N3O5. The van der Waals surface area contributed by atoms with E-state index in [0.29, 0.717) is 0 Å². The molecule has 0 aromatic carbocycles. The normalized spacial score (nSPS) is 9.76. The summed E-state index contributed by atoms with van der Waals surface area (Å²) in [6.07, 6.45) is 0. The number of pyridine rings is 1. The van der Waals surface area contributed by atoms with E-state index in [2.05, 4.69) is 10.3 Å². The van der Waals surface area contributed by atoms with Gasteiger partial charge in [-0.05, 0) is 6.92 Å². The summed E-state index contributed by atoms with van der Waals surface area (Å²) in [5.74, 6) is -1.51. The first-order valence-corrected chi connectivity index (χ1v) is 4.74. The van der Waals surface area contributed by atoms with Crippen LogP contribution < -0.4 is 10.1 Å². The van der Waals surface area contributed by atoms with Gasteiger partial charge in [0.05, 0.1) is 11.5 Å². The van der Waals surface area contributed by atoms with Crippen LogP contribution in [-0.2, 0) is 0 Å². The number of carbonyl (C=O) groups is 1. The Kier molecular flexibility index (Phi) is 3.81. The largest absolute Gasteiger partial charge is 0.477 e. The van der Waals surface area contributed by atoms with Gasteiger partial charge in [-0.3, -0.25) is 10.1 Å². The van der Waals surface area contributed by atoms with Gasteiger partial charge >= 0.3 is 11.7 Å². The summed E-state index contributed by atoms with van der Waals surface area (Å²) in [6, 6.07) is 0.923. The molecule has 92 valence electrons. The van der Waals surface area contributed by atoms with Crippen molar-refractivity contribution in [2.24, 2.45) is 0 Å². The number of nitrogens with zero attached hydrogens (tertiary/aromatic N) is 2. The first kappa shape index (κ1) is 12.7. The van der Waals surface area contributed by atoms with E-state index in [1.54, 1.807) is 6.92 Å². The van der Waals surface area contributed by atoms with Crippen molar-refractivity contribution in [1.29, 1.82) is 0 Å². The van der Waals surface area contributed by atoms with E-state index < -0.39 is 16.6 Å². The first-order valence-electron chi connectivity index (χ1n) is 4.74. The second-order valence-electron chi connectivity index (χ2n) is 2.95. The Morgan fingerprint density at radius 1 is 1.71 bits per heavy atom. The zero-order chi connectivity index (χ0) is 13.0. The standard InChI is InChI=1S/C9H11N3O5/c1-3-17-8-5(9(13)14)4-6(12(15)16)7(10-2)11-8/h4H,3H2,1-2H3,(H,10,11)(H,13,14). The molecule has 0 amide bonds. The fourth-order valence-electron chi connectivity index (χ4n) is 1.21. The number of hydrogen-bond donors (Lipinski definition) is 2. The lowest BCUT2D eigenvalue weighted by Gasteiger charge is -2.08. The Bertz CT molecular complexity index is 460. The monoisotopic (exact) mass is 241 g/mol. The van der Waals surface area contributed by atoms with Crippen molar-refractivity contribution in [2.45, 2.75) is 6.92 Å². The minimum Gasteiger partial charge on any atom is -0.477 e. The lowest BCUT2D eigenvalue weighted by molar-refractivity contribution is -0.384. The number of rotatable bonds is 5. The summed E-state index contributed by atoms with van der Waals surface area (Å²) in [4.78, 5) is 24.7. The summed E-state index contributed by atoms with van der Waals surface area (Å²) >= 11 is 0. The highest BCUT2D eigenvalue weighted by Crippen LogP contribution is 2.28. The fourth-order valence-corrected chi connectivity index (χ4v) is 1.21. The van der Waals surface area contributed by atoms with Crippen LogP contribution in [0, 0.1) is 10.1 Å². The number of anilines is 1. The van der Waals surface area contributed by atoms with Gasteiger partial charge in [-0.2, -0.15) is 4.98 Å². The van der Waals surface area contributed by atoms with Crippen LogP contribution in [0.15, 0.2) is 6.07 Å². The highest BCUT2D eigenvalue weighted by molar-refractivity contribution is 5.91. The lowest BCUT2D eigenvalue weighted by Crippen LogP contribution is -2.09. The van der Waals surface area contributed by atoms with Crippen LogP contribution >= 0.6 is 0 Å².